The largest absolute Gasteiger partial charge is 0.352 e. The van der Waals surface area contributed by atoms with Crippen molar-refractivity contribution >= 4 is 21.8 Å². The van der Waals surface area contributed by atoms with Crippen molar-refractivity contribution < 1.29 is 4.79 Å². The maximum absolute atomic E-state index is 12.0. The number of nitrogens with one attached hydrogen (secondary N) is 1. The topological polar surface area (TPSA) is 45.2 Å². The zero-order valence-electron chi connectivity index (χ0n) is 11.9. The first kappa shape index (κ1) is 15.4. The van der Waals surface area contributed by atoms with E-state index in [1.807, 2.05) is 0 Å². The number of carbonyl (C=O) groups excluding carboxylic acids is 1. The van der Waals surface area contributed by atoms with Gasteiger partial charge in [0.2, 0.25) is 0 Å². The van der Waals surface area contributed by atoms with Gasteiger partial charge in [-0.3, -0.25) is 4.79 Å². The first-order chi connectivity index (χ1) is 9.66. The Kier molecular flexibility index (Phi) is 5.98. The van der Waals surface area contributed by atoms with Crippen LogP contribution in [0.25, 0.3) is 0 Å². The molecule has 0 aromatic carbocycles. The lowest BCUT2D eigenvalue weighted by atomic mass is 9.99. The Balaban J connectivity index is 1.66. The van der Waals surface area contributed by atoms with Gasteiger partial charge in [0.1, 0.15) is 4.60 Å². The molecule has 1 aliphatic rings. The molecule has 0 radical (unpaired) electrons. The van der Waals surface area contributed by atoms with Crippen LogP contribution in [0.1, 0.15) is 36.5 Å². The van der Waals surface area contributed by atoms with E-state index in [4.69, 9.17) is 0 Å². The monoisotopic (exact) mass is 339 g/mol. The summed E-state index contributed by atoms with van der Waals surface area (Å²) in [5.41, 5.74) is 0.597. The lowest BCUT2D eigenvalue weighted by Crippen LogP contribution is -2.35. The number of amides is 1. The van der Waals surface area contributed by atoms with Crippen molar-refractivity contribution in [1.29, 1.82) is 0 Å². The molecule has 1 saturated heterocycles. The summed E-state index contributed by atoms with van der Waals surface area (Å²) >= 11 is 3.29. The Morgan fingerprint density at radius 3 is 2.95 bits per heavy atom. The molecule has 1 aromatic heterocycles. The zero-order valence-corrected chi connectivity index (χ0v) is 13.5. The van der Waals surface area contributed by atoms with Crippen LogP contribution < -0.4 is 5.32 Å². The fraction of sp³-hybridized carbons (Fsp3) is 0.600. The van der Waals surface area contributed by atoms with E-state index >= 15 is 0 Å². The average Bonchev–Trinajstić information content (AvgIpc) is 2.46. The standard InChI is InChI=1S/C15H22BrN3O/c1-12-5-10-19(11-6-12)9-3-8-18-15(20)13-4-2-7-17-14(13)16/h2,4,7,12H,3,5-6,8-11H2,1H3,(H,18,20). The first-order valence-corrected chi connectivity index (χ1v) is 8.07. The van der Waals surface area contributed by atoms with E-state index in [0.717, 1.165) is 18.9 Å². The van der Waals surface area contributed by atoms with Gasteiger partial charge < -0.3 is 10.2 Å². The van der Waals surface area contributed by atoms with Crippen molar-refractivity contribution in [2.45, 2.75) is 26.2 Å². The van der Waals surface area contributed by atoms with Gasteiger partial charge in [-0.15, -0.1) is 0 Å². The Morgan fingerprint density at radius 2 is 2.25 bits per heavy atom. The molecule has 110 valence electrons. The third-order valence-corrected chi connectivity index (χ3v) is 4.45. The Bertz CT molecular complexity index is 444. The maximum atomic E-state index is 12.0. The van der Waals surface area contributed by atoms with Crippen LogP contribution in [0.4, 0.5) is 0 Å². The van der Waals surface area contributed by atoms with Crippen molar-refractivity contribution in [3.05, 3.63) is 28.5 Å². The van der Waals surface area contributed by atoms with Crippen molar-refractivity contribution in [2.75, 3.05) is 26.2 Å². The summed E-state index contributed by atoms with van der Waals surface area (Å²) in [7, 11) is 0. The minimum atomic E-state index is -0.0581. The van der Waals surface area contributed by atoms with Crippen LogP contribution in [-0.4, -0.2) is 42.0 Å². The van der Waals surface area contributed by atoms with E-state index in [9.17, 15) is 4.79 Å². The molecule has 0 spiro atoms. The molecule has 2 heterocycles. The second-order valence-corrected chi connectivity index (χ2v) is 6.23. The number of halogens is 1. The molecule has 0 bridgehead atoms. The Labute approximate surface area is 129 Å². The molecule has 1 amide bonds. The summed E-state index contributed by atoms with van der Waals surface area (Å²) in [4.78, 5) is 18.5. The molecule has 4 nitrogen and oxygen atoms in total. The van der Waals surface area contributed by atoms with Gasteiger partial charge in [-0.2, -0.15) is 0 Å². The molecule has 20 heavy (non-hydrogen) atoms. The predicted molar refractivity (Wildman–Crippen MR) is 83.7 cm³/mol. The molecule has 5 heteroatoms. The summed E-state index contributed by atoms with van der Waals surface area (Å²) in [5.74, 6) is 0.811. The normalized spacial score (nSPS) is 17.1. The van der Waals surface area contributed by atoms with Crippen molar-refractivity contribution in [2.24, 2.45) is 5.92 Å². The third kappa shape index (κ3) is 4.56. The number of piperidine rings is 1. The predicted octanol–water partition coefficient (Wildman–Crippen LogP) is 2.70. The highest BCUT2D eigenvalue weighted by atomic mass is 79.9. The molecular formula is C15H22BrN3O. The number of likely N-dealkylation sites (tertiary alicyclic amines) is 1. The third-order valence-electron chi connectivity index (χ3n) is 3.82. The van der Waals surface area contributed by atoms with Gasteiger partial charge in [-0.25, -0.2) is 4.98 Å². The number of nitrogens with zero attached hydrogens (tertiary/aromatic N) is 2. The summed E-state index contributed by atoms with van der Waals surface area (Å²) in [6.07, 6.45) is 5.26. The fourth-order valence-corrected chi connectivity index (χ4v) is 2.87. The van der Waals surface area contributed by atoms with Crippen LogP contribution in [0.5, 0.6) is 0 Å². The van der Waals surface area contributed by atoms with Gasteiger partial charge in [-0.1, -0.05) is 6.92 Å². The first-order valence-electron chi connectivity index (χ1n) is 7.28. The van der Waals surface area contributed by atoms with Crippen LogP contribution in [0.15, 0.2) is 22.9 Å². The van der Waals surface area contributed by atoms with Crippen molar-refractivity contribution in [3.63, 3.8) is 0 Å². The Morgan fingerprint density at radius 1 is 1.50 bits per heavy atom. The van der Waals surface area contributed by atoms with Gasteiger partial charge in [0.25, 0.3) is 5.91 Å². The average molecular weight is 340 g/mol. The quantitative estimate of drug-likeness (QED) is 0.662. The molecular weight excluding hydrogens is 318 g/mol. The molecule has 1 aliphatic heterocycles. The van der Waals surface area contributed by atoms with Crippen LogP contribution in [0.3, 0.4) is 0 Å². The van der Waals surface area contributed by atoms with E-state index in [2.05, 4.69) is 38.1 Å². The highest BCUT2D eigenvalue weighted by Crippen LogP contribution is 2.16. The number of rotatable bonds is 5. The fourth-order valence-electron chi connectivity index (χ4n) is 2.44. The van der Waals surface area contributed by atoms with E-state index in [1.165, 1.54) is 25.9 Å². The van der Waals surface area contributed by atoms with E-state index in [-0.39, 0.29) is 5.91 Å². The second kappa shape index (κ2) is 7.74. The number of aromatic nitrogens is 1. The molecule has 0 atom stereocenters. The minimum absolute atomic E-state index is 0.0581. The lowest BCUT2D eigenvalue weighted by molar-refractivity contribution is 0.0949. The zero-order chi connectivity index (χ0) is 14.4. The van der Waals surface area contributed by atoms with E-state index in [0.29, 0.717) is 16.7 Å². The molecule has 2 rings (SSSR count). The molecule has 0 aliphatic carbocycles. The van der Waals surface area contributed by atoms with Crippen molar-refractivity contribution in [3.8, 4) is 0 Å². The van der Waals surface area contributed by atoms with Gasteiger partial charge in [-0.05, 0) is 72.9 Å². The van der Waals surface area contributed by atoms with Crippen LogP contribution in [-0.2, 0) is 0 Å². The number of pyridine rings is 1. The summed E-state index contributed by atoms with van der Waals surface area (Å²) < 4.78 is 0.600. The minimum Gasteiger partial charge on any atom is -0.352 e. The van der Waals surface area contributed by atoms with Crippen LogP contribution in [0.2, 0.25) is 0 Å². The summed E-state index contributed by atoms with van der Waals surface area (Å²) in [6, 6.07) is 3.55. The van der Waals surface area contributed by atoms with E-state index < -0.39 is 0 Å². The molecule has 0 unspecified atom stereocenters. The van der Waals surface area contributed by atoms with Crippen molar-refractivity contribution in [1.82, 2.24) is 15.2 Å². The van der Waals surface area contributed by atoms with Crippen LogP contribution in [0, 0.1) is 5.92 Å². The second-order valence-electron chi connectivity index (χ2n) is 5.48. The number of carbonyl (C=O) groups is 1. The van der Waals surface area contributed by atoms with Gasteiger partial charge in [0.15, 0.2) is 0 Å². The number of hydrogen-bond acceptors (Lipinski definition) is 3. The SMILES string of the molecule is CC1CCN(CCCNC(=O)c2cccnc2Br)CC1. The molecule has 1 N–H and O–H groups in total. The molecule has 1 fully saturated rings. The molecule has 1 aromatic rings. The number of hydrogen-bond donors (Lipinski definition) is 1. The smallest absolute Gasteiger partial charge is 0.254 e. The maximum Gasteiger partial charge on any atom is 0.254 e. The van der Waals surface area contributed by atoms with E-state index in [1.54, 1.807) is 18.3 Å². The van der Waals surface area contributed by atoms with Gasteiger partial charge >= 0.3 is 0 Å². The lowest BCUT2D eigenvalue weighted by Gasteiger charge is -2.30. The van der Waals surface area contributed by atoms with Gasteiger partial charge in [0, 0.05) is 12.7 Å². The highest BCUT2D eigenvalue weighted by Gasteiger charge is 2.15. The molecule has 0 saturated carbocycles. The van der Waals surface area contributed by atoms with Gasteiger partial charge in [0.05, 0.1) is 5.56 Å². The Hall–Kier alpha value is -0.940. The summed E-state index contributed by atoms with van der Waals surface area (Å²) in [6.45, 7) is 6.50. The summed E-state index contributed by atoms with van der Waals surface area (Å²) in [5, 5.41) is 2.95. The van der Waals surface area contributed by atoms with Crippen LogP contribution >= 0.6 is 15.9 Å². The highest BCUT2D eigenvalue weighted by molar-refractivity contribution is 9.10.